The number of benzene rings is 1. The molecule has 0 spiro atoms. The van der Waals surface area contributed by atoms with Gasteiger partial charge in [0.1, 0.15) is 6.54 Å². The van der Waals surface area contributed by atoms with Gasteiger partial charge < -0.3 is 10.2 Å². The van der Waals surface area contributed by atoms with Crippen LogP contribution in [0.5, 0.6) is 0 Å². The number of hydrogen-bond acceptors (Lipinski definition) is 4. The minimum absolute atomic E-state index is 0.0329. The molecule has 2 N–H and O–H groups in total. The zero-order valence-electron chi connectivity index (χ0n) is 15.6. The SMILES string of the molecule is O=C(Cn1c(-c2ccc(Cl)cc2)n[nH]c1=S)NCCC(=O)N1CCCCCC1. The maximum Gasteiger partial charge on any atom is 0.240 e. The second-order valence-electron chi connectivity index (χ2n) is 6.84. The summed E-state index contributed by atoms with van der Waals surface area (Å²) in [4.78, 5) is 26.6. The topological polar surface area (TPSA) is 83.0 Å². The molecule has 0 unspecified atom stereocenters. The Balaban J connectivity index is 1.54. The van der Waals surface area contributed by atoms with Crippen LogP contribution in [-0.2, 0) is 16.1 Å². The normalized spacial score (nSPS) is 14.5. The lowest BCUT2D eigenvalue weighted by Crippen LogP contribution is -2.36. The molecular formula is C19H24ClN5O2S. The van der Waals surface area contributed by atoms with Crippen molar-refractivity contribution in [3.05, 3.63) is 34.1 Å². The van der Waals surface area contributed by atoms with E-state index in [1.165, 1.54) is 12.8 Å². The summed E-state index contributed by atoms with van der Waals surface area (Å²) in [5, 5.41) is 10.4. The van der Waals surface area contributed by atoms with Crippen molar-refractivity contribution >= 4 is 35.6 Å². The summed E-state index contributed by atoms with van der Waals surface area (Å²) in [5.74, 6) is 0.456. The van der Waals surface area contributed by atoms with Gasteiger partial charge >= 0.3 is 0 Å². The van der Waals surface area contributed by atoms with E-state index in [0.29, 0.717) is 28.6 Å². The molecule has 28 heavy (non-hydrogen) atoms. The number of aromatic amines is 1. The van der Waals surface area contributed by atoms with Crippen molar-refractivity contribution in [2.24, 2.45) is 0 Å². The number of likely N-dealkylation sites (tertiary alicyclic amines) is 1. The first-order valence-corrected chi connectivity index (χ1v) is 10.3. The molecular weight excluding hydrogens is 398 g/mol. The number of amides is 2. The third kappa shape index (κ3) is 5.42. The fraction of sp³-hybridized carbons (Fsp3) is 0.474. The van der Waals surface area contributed by atoms with Gasteiger partial charge in [-0.3, -0.25) is 19.3 Å². The van der Waals surface area contributed by atoms with Gasteiger partial charge in [-0.15, -0.1) is 0 Å². The highest BCUT2D eigenvalue weighted by Gasteiger charge is 2.16. The molecule has 150 valence electrons. The number of carbonyl (C=O) groups is 2. The maximum absolute atomic E-state index is 12.3. The van der Waals surface area contributed by atoms with Gasteiger partial charge in [0.15, 0.2) is 10.6 Å². The van der Waals surface area contributed by atoms with Crippen LogP contribution in [-0.4, -0.2) is 51.1 Å². The van der Waals surface area contributed by atoms with Gasteiger partial charge in [-0.1, -0.05) is 24.4 Å². The van der Waals surface area contributed by atoms with Crippen LogP contribution < -0.4 is 5.32 Å². The van der Waals surface area contributed by atoms with Gasteiger partial charge in [0.2, 0.25) is 11.8 Å². The lowest BCUT2D eigenvalue weighted by Gasteiger charge is -2.20. The number of nitrogens with zero attached hydrogens (tertiary/aromatic N) is 3. The molecule has 9 heteroatoms. The quantitative estimate of drug-likeness (QED) is 0.702. The smallest absolute Gasteiger partial charge is 0.240 e. The van der Waals surface area contributed by atoms with E-state index in [2.05, 4.69) is 15.5 Å². The zero-order valence-corrected chi connectivity index (χ0v) is 17.2. The first-order chi connectivity index (χ1) is 13.5. The molecule has 7 nitrogen and oxygen atoms in total. The fourth-order valence-corrected chi connectivity index (χ4v) is 3.59. The molecule has 1 aliphatic rings. The molecule has 1 saturated heterocycles. The standard InChI is InChI=1S/C19H24ClN5O2S/c20-15-7-5-14(6-8-15)18-22-23-19(28)25(18)13-16(26)21-10-9-17(27)24-11-3-1-2-4-12-24/h5-8H,1-4,9-13H2,(H,21,26)(H,23,28). The summed E-state index contributed by atoms with van der Waals surface area (Å²) < 4.78 is 1.99. The minimum Gasteiger partial charge on any atom is -0.354 e. The predicted molar refractivity (Wildman–Crippen MR) is 111 cm³/mol. The first-order valence-electron chi connectivity index (χ1n) is 9.50. The number of carbonyl (C=O) groups excluding carboxylic acids is 2. The van der Waals surface area contributed by atoms with Crippen molar-refractivity contribution in [3.8, 4) is 11.4 Å². The zero-order chi connectivity index (χ0) is 19.9. The Morgan fingerprint density at radius 1 is 1.14 bits per heavy atom. The van der Waals surface area contributed by atoms with Crippen LogP contribution >= 0.6 is 23.8 Å². The van der Waals surface area contributed by atoms with Gasteiger partial charge in [0.25, 0.3) is 0 Å². The van der Waals surface area contributed by atoms with Crippen LogP contribution in [0.15, 0.2) is 24.3 Å². The lowest BCUT2D eigenvalue weighted by molar-refractivity contribution is -0.131. The summed E-state index contributed by atoms with van der Waals surface area (Å²) in [6.07, 6.45) is 4.80. The Morgan fingerprint density at radius 2 is 1.82 bits per heavy atom. The maximum atomic E-state index is 12.3. The fourth-order valence-electron chi connectivity index (χ4n) is 3.27. The van der Waals surface area contributed by atoms with E-state index in [4.69, 9.17) is 23.8 Å². The van der Waals surface area contributed by atoms with E-state index < -0.39 is 0 Å². The molecule has 0 saturated carbocycles. The van der Waals surface area contributed by atoms with Crippen LogP contribution in [0.1, 0.15) is 32.1 Å². The van der Waals surface area contributed by atoms with E-state index in [9.17, 15) is 9.59 Å². The molecule has 2 heterocycles. The lowest BCUT2D eigenvalue weighted by atomic mass is 10.2. The van der Waals surface area contributed by atoms with Crippen LogP contribution in [0.3, 0.4) is 0 Å². The molecule has 1 fully saturated rings. The molecule has 1 aliphatic heterocycles. The molecule has 0 radical (unpaired) electrons. The molecule has 2 amide bonds. The minimum atomic E-state index is -0.212. The Labute approximate surface area is 174 Å². The molecule has 0 bridgehead atoms. The highest BCUT2D eigenvalue weighted by Crippen LogP contribution is 2.19. The van der Waals surface area contributed by atoms with Crippen molar-refractivity contribution in [2.75, 3.05) is 19.6 Å². The summed E-state index contributed by atoms with van der Waals surface area (Å²) in [7, 11) is 0. The molecule has 0 atom stereocenters. The molecule has 2 aromatic rings. The molecule has 1 aromatic carbocycles. The van der Waals surface area contributed by atoms with Gasteiger partial charge in [-0.05, 0) is 49.3 Å². The molecule has 0 aliphatic carbocycles. The summed E-state index contributed by atoms with van der Waals surface area (Å²) >= 11 is 11.2. The van der Waals surface area contributed by atoms with E-state index >= 15 is 0 Å². The summed E-state index contributed by atoms with van der Waals surface area (Å²) in [6.45, 7) is 1.99. The van der Waals surface area contributed by atoms with Gasteiger partial charge in [0.05, 0.1) is 0 Å². The summed E-state index contributed by atoms with van der Waals surface area (Å²) in [5.41, 5.74) is 0.806. The van der Waals surface area contributed by atoms with Crippen molar-refractivity contribution in [1.29, 1.82) is 0 Å². The second kappa shape index (κ2) is 9.84. The highest BCUT2D eigenvalue weighted by atomic mass is 35.5. The summed E-state index contributed by atoms with van der Waals surface area (Å²) in [6, 6.07) is 7.16. The van der Waals surface area contributed by atoms with E-state index in [0.717, 1.165) is 31.5 Å². The third-order valence-electron chi connectivity index (χ3n) is 4.78. The van der Waals surface area contributed by atoms with Gasteiger partial charge in [-0.25, -0.2) is 0 Å². The number of halogens is 1. The Bertz CT molecular complexity index is 869. The monoisotopic (exact) mass is 421 g/mol. The molecule has 3 rings (SSSR count). The van der Waals surface area contributed by atoms with Gasteiger partial charge in [-0.2, -0.15) is 5.10 Å². The van der Waals surface area contributed by atoms with Crippen molar-refractivity contribution in [3.63, 3.8) is 0 Å². The Morgan fingerprint density at radius 3 is 2.50 bits per heavy atom. The van der Waals surface area contributed by atoms with Crippen molar-refractivity contribution < 1.29 is 9.59 Å². The van der Waals surface area contributed by atoms with Gasteiger partial charge in [0, 0.05) is 36.6 Å². The number of rotatable bonds is 6. The Kier molecular flexibility index (Phi) is 7.22. The number of nitrogens with one attached hydrogen (secondary N) is 2. The van der Waals surface area contributed by atoms with E-state index in [-0.39, 0.29) is 18.4 Å². The third-order valence-corrected chi connectivity index (χ3v) is 5.35. The number of H-pyrrole nitrogens is 1. The number of aromatic nitrogens is 3. The molecule has 1 aromatic heterocycles. The predicted octanol–water partition coefficient (Wildman–Crippen LogP) is 3.17. The first kappa shape index (κ1) is 20.5. The highest BCUT2D eigenvalue weighted by molar-refractivity contribution is 7.71. The van der Waals surface area contributed by atoms with Crippen molar-refractivity contribution in [1.82, 2.24) is 25.0 Å². The van der Waals surface area contributed by atoms with Crippen LogP contribution in [0.25, 0.3) is 11.4 Å². The van der Waals surface area contributed by atoms with Crippen LogP contribution in [0.4, 0.5) is 0 Å². The van der Waals surface area contributed by atoms with Crippen LogP contribution in [0.2, 0.25) is 5.02 Å². The van der Waals surface area contributed by atoms with Crippen molar-refractivity contribution in [2.45, 2.75) is 38.6 Å². The second-order valence-corrected chi connectivity index (χ2v) is 7.66. The number of hydrogen-bond donors (Lipinski definition) is 2. The van der Waals surface area contributed by atoms with E-state index in [1.54, 1.807) is 16.7 Å². The Hall–Kier alpha value is -2.19. The largest absolute Gasteiger partial charge is 0.354 e. The average Bonchev–Trinajstić information content (AvgIpc) is 2.88. The average molecular weight is 422 g/mol. The van der Waals surface area contributed by atoms with Crippen LogP contribution in [0, 0.1) is 4.77 Å². The van der Waals surface area contributed by atoms with E-state index in [1.807, 2.05) is 17.0 Å².